The lowest BCUT2D eigenvalue weighted by atomic mass is 10.00. The number of alkyl carbamates (subject to hydrolysis) is 1. The molecule has 0 radical (unpaired) electrons. The predicted octanol–water partition coefficient (Wildman–Crippen LogP) is 5.16. The molecule has 0 saturated carbocycles. The summed E-state index contributed by atoms with van der Waals surface area (Å²) in [6.07, 6.45) is 10.8. The quantitative estimate of drug-likeness (QED) is 0.465. The van der Waals surface area contributed by atoms with E-state index in [0.717, 1.165) is 63.3 Å². The summed E-state index contributed by atoms with van der Waals surface area (Å²) in [7, 11) is 0. The van der Waals surface area contributed by atoms with E-state index in [1.54, 1.807) is 39.1 Å². The topological polar surface area (TPSA) is 135 Å². The molecule has 38 heavy (non-hydrogen) atoms. The van der Waals surface area contributed by atoms with E-state index < -0.39 is 17.7 Å². The molecule has 0 aromatic carbocycles. The molecular formula is C28H40N6O4. The number of hydrogen-bond donors (Lipinski definition) is 3. The third-order valence-corrected chi connectivity index (χ3v) is 6.16. The molecule has 0 aliphatic carbocycles. The van der Waals surface area contributed by atoms with Gasteiger partial charge in [-0.05, 0) is 65.0 Å². The summed E-state index contributed by atoms with van der Waals surface area (Å²) in [4.78, 5) is 49.9. The van der Waals surface area contributed by atoms with Gasteiger partial charge in [0.05, 0.1) is 17.3 Å². The van der Waals surface area contributed by atoms with Crippen LogP contribution in [0.2, 0.25) is 0 Å². The van der Waals surface area contributed by atoms with Crippen LogP contribution < -0.4 is 16.0 Å². The summed E-state index contributed by atoms with van der Waals surface area (Å²) >= 11 is 0. The zero-order valence-electron chi connectivity index (χ0n) is 22.7. The number of anilines is 2. The Hall–Kier alpha value is -3.56. The van der Waals surface area contributed by atoms with Gasteiger partial charge in [-0.3, -0.25) is 14.6 Å². The van der Waals surface area contributed by atoms with Crippen molar-refractivity contribution in [2.45, 2.75) is 90.2 Å². The molecule has 0 spiro atoms. The number of fused-ring (bicyclic) bond motifs is 2. The molecule has 2 aromatic heterocycles. The molecule has 0 unspecified atom stereocenters. The number of hydrogen-bond acceptors (Lipinski definition) is 9. The van der Waals surface area contributed by atoms with Gasteiger partial charge in [-0.25, -0.2) is 9.78 Å². The number of aldehydes is 1. The molecule has 3 N–H and O–H groups in total. The first-order valence-corrected chi connectivity index (χ1v) is 13.5. The van der Waals surface area contributed by atoms with Crippen LogP contribution in [0.5, 0.6) is 0 Å². The van der Waals surface area contributed by atoms with Crippen LogP contribution in [0.1, 0.15) is 88.9 Å². The minimum absolute atomic E-state index is 0.0548. The Bertz CT molecular complexity index is 1070. The maximum absolute atomic E-state index is 12.9. The molecule has 1 amide bonds. The fourth-order valence-electron chi connectivity index (χ4n) is 4.20. The molecule has 1 atom stereocenters. The SMILES string of the molecule is CC(C)(C)OC(=O)N[C@@H]1CCCCNc2nc(ncc2-c2ccc(C=O)cn2)NCCCCCCCC1=O. The summed E-state index contributed by atoms with van der Waals surface area (Å²) in [5.41, 5.74) is 1.28. The van der Waals surface area contributed by atoms with Gasteiger partial charge < -0.3 is 20.7 Å². The van der Waals surface area contributed by atoms with E-state index in [9.17, 15) is 14.4 Å². The molecule has 1 aliphatic heterocycles. The van der Waals surface area contributed by atoms with Crippen LogP contribution in [0.3, 0.4) is 0 Å². The first-order chi connectivity index (χ1) is 18.2. The lowest BCUT2D eigenvalue weighted by Crippen LogP contribution is -2.43. The van der Waals surface area contributed by atoms with Crippen LogP contribution in [0, 0.1) is 0 Å². The highest BCUT2D eigenvalue weighted by Crippen LogP contribution is 2.25. The number of nitrogens with one attached hydrogen (secondary N) is 3. The standard InChI is InChI=1S/C28H40N6O4/c1-28(2,3)38-27(37)33-23-11-8-10-15-29-25-21(22-14-13-20(19-35)17-31-22)18-32-26(34-25)30-16-9-6-4-5-7-12-24(23)36/h13-14,17-19,23H,4-12,15-16H2,1-3H3,(H,33,37)(H2,29,30,32,34)/t23-/m1/s1. The Morgan fingerprint density at radius 3 is 2.47 bits per heavy atom. The highest BCUT2D eigenvalue weighted by atomic mass is 16.6. The van der Waals surface area contributed by atoms with Gasteiger partial charge in [-0.15, -0.1) is 0 Å². The van der Waals surface area contributed by atoms with Gasteiger partial charge >= 0.3 is 6.09 Å². The number of carbonyl (C=O) groups excluding carboxylic acids is 3. The van der Waals surface area contributed by atoms with Crippen molar-refractivity contribution in [2.24, 2.45) is 0 Å². The number of rotatable bonds is 3. The average Bonchev–Trinajstić information content (AvgIpc) is 2.88. The van der Waals surface area contributed by atoms with E-state index in [0.29, 0.717) is 42.4 Å². The van der Waals surface area contributed by atoms with Crippen LogP contribution in [-0.4, -0.2) is 57.8 Å². The van der Waals surface area contributed by atoms with Gasteiger partial charge in [0.15, 0.2) is 12.1 Å². The van der Waals surface area contributed by atoms with Gasteiger partial charge in [-0.2, -0.15) is 4.98 Å². The molecule has 206 valence electrons. The molecule has 2 aromatic rings. The number of carbonyl (C=O) groups is 3. The Kier molecular flexibility index (Phi) is 11.0. The van der Waals surface area contributed by atoms with Gasteiger partial charge in [0.2, 0.25) is 5.95 Å². The largest absolute Gasteiger partial charge is 0.444 e. The molecule has 1 aliphatic rings. The molecule has 0 saturated heterocycles. The minimum Gasteiger partial charge on any atom is -0.444 e. The summed E-state index contributed by atoms with van der Waals surface area (Å²) < 4.78 is 5.39. The summed E-state index contributed by atoms with van der Waals surface area (Å²) in [6.45, 7) is 6.78. The van der Waals surface area contributed by atoms with Crippen molar-refractivity contribution in [2.75, 3.05) is 23.7 Å². The minimum atomic E-state index is -0.627. The number of ketones is 1. The van der Waals surface area contributed by atoms with E-state index in [2.05, 4.69) is 30.9 Å². The monoisotopic (exact) mass is 524 g/mol. The average molecular weight is 525 g/mol. The molecule has 3 heterocycles. The maximum atomic E-state index is 12.9. The lowest BCUT2D eigenvalue weighted by Gasteiger charge is -2.23. The predicted molar refractivity (Wildman–Crippen MR) is 147 cm³/mol. The van der Waals surface area contributed by atoms with E-state index in [-0.39, 0.29) is 5.78 Å². The van der Waals surface area contributed by atoms with Crippen molar-refractivity contribution in [3.05, 3.63) is 30.1 Å². The Labute approximate surface area is 224 Å². The Morgan fingerprint density at radius 2 is 1.74 bits per heavy atom. The second-order valence-corrected chi connectivity index (χ2v) is 10.6. The molecule has 3 rings (SSSR count). The van der Waals surface area contributed by atoms with Gasteiger partial charge in [-0.1, -0.05) is 19.3 Å². The van der Waals surface area contributed by atoms with E-state index >= 15 is 0 Å². The molecule has 2 bridgehead atoms. The second-order valence-electron chi connectivity index (χ2n) is 10.6. The van der Waals surface area contributed by atoms with Crippen LogP contribution in [-0.2, 0) is 9.53 Å². The number of pyridine rings is 1. The van der Waals surface area contributed by atoms with Crippen molar-refractivity contribution < 1.29 is 19.1 Å². The third-order valence-electron chi connectivity index (χ3n) is 6.16. The second kappa shape index (κ2) is 14.4. The van der Waals surface area contributed by atoms with Crippen LogP contribution in [0.4, 0.5) is 16.6 Å². The summed E-state index contributed by atoms with van der Waals surface area (Å²) in [5, 5.41) is 9.48. The normalized spacial score (nSPS) is 18.2. The van der Waals surface area contributed by atoms with Crippen molar-refractivity contribution >= 4 is 29.9 Å². The van der Waals surface area contributed by atoms with Crippen molar-refractivity contribution in [3.63, 3.8) is 0 Å². The highest BCUT2D eigenvalue weighted by molar-refractivity contribution is 5.87. The third kappa shape index (κ3) is 9.72. The molecule has 10 heteroatoms. The van der Waals surface area contributed by atoms with Crippen LogP contribution in [0.15, 0.2) is 24.5 Å². The maximum Gasteiger partial charge on any atom is 0.408 e. The zero-order chi connectivity index (χ0) is 27.4. The molecule has 0 fully saturated rings. The van der Waals surface area contributed by atoms with Gasteiger partial charge in [0, 0.05) is 37.5 Å². The fraction of sp³-hybridized carbons (Fsp3) is 0.571. The molecule has 10 nitrogen and oxygen atoms in total. The highest BCUT2D eigenvalue weighted by Gasteiger charge is 2.23. The summed E-state index contributed by atoms with van der Waals surface area (Å²) in [5.74, 6) is 1.25. The lowest BCUT2D eigenvalue weighted by molar-refractivity contribution is -0.121. The smallest absolute Gasteiger partial charge is 0.408 e. The first kappa shape index (κ1) is 29.0. The number of aromatic nitrogens is 3. The Morgan fingerprint density at radius 1 is 1.00 bits per heavy atom. The van der Waals surface area contributed by atoms with Crippen LogP contribution >= 0.6 is 0 Å². The van der Waals surface area contributed by atoms with E-state index in [4.69, 9.17) is 4.74 Å². The number of nitrogens with zero attached hydrogens (tertiary/aromatic N) is 3. The van der Waals surface area contributed by atoms with Gasteiger partial charge in [0.25, 0.3) is 0 Å². The Balaban J connectivity index is 1.71. The first-order valence-electron chi connectivity index (χ1n) is 13.5. The van der Waals surface area contributed by atoms with Crippen molar-refractivity contribution in [1.29, 1.82) is 0 Å². The number of amides is 1. The van der Waals surface area contributed by atoms with E-state index in [1.165, 1.54) is 6.20 Å². The fourth-order valence-corrected chi connectivity index (χ4v) is 4.20. The van der Waals surface area contributed by atoms with Crippen LogP contribution in [0.25, 0.3) is 11.3 Å². The number of ether oxygens (including phenoxy) is 1. The molecular weight excluding hydrogens is 484 g/mol. The van der Waals surface area contributed by atoms with Gasteiger partial charge in [0.1, 0.15) is 11.4 Å². The van der Waals surface area contributed by atoms with Crippen molar-refractivity contribution in [3.8, 4) is 11.3 Å². The zero-order valence-corrected chi connectivity index (χ0v) is 22.7. The van der Waals surface area contributed by atoms with E-state index in [1.807, 2.05) is 0 Å². The van der Waals surface area contributed by atoms with Crippen molar-refractivity contribution in [1.82, 2.24) is 20.3 Å². The number of Topliss-reactive ketones (excluding diaryl/α,β-unsaturated/α-hetero) is 1. The summed E-state index contributed by atoms with van der Waals surface area (Å²) in [6, 6.07) is 2.93.